The number of carbonyl (C=O) groups excluding carboxylic acids is 2. The molecular formula is C17H21N5O2S. The predicted molar refractivity (Wildman–Crippen MR) is 98.7 cm³/mol. The zero-order valence-corrected chi connectivity index (χ0v) is 15.0. The zero-order valence-electron chi connectivity index (χ0n) is 14.2. The summed E-state index contributed by atoms with van der Waals surface area (Å²) in [6.07, 6.45) is 3.24. The second kappa shape index (κ2) is 9.03. The van der Waals surface area contributed by atoms with Crippen molar-refractivity contribution in [3.63, 3.8) is 0 Å². The number of benzene rings is 1. The topological polar surface area (TPSA) is 88.9 Å². The van der Waals surface area contributed by atoms with E-state index in [0.717, 1.165) is 0 Å². The molecule has 1 aromatic heterocycles. The van der Waals surface area contributed by atoms with E-state index in [1.54, 1.807) is 36.7 Å². The van der Waals surface area contributed by atoms with Crippen molar-refractivity contribution < 1.29 is 9.59 Å². The summed E-state index contributed by atoms with van der Waals surface area (Å²) < 4.78 is 1.90. The summed E-state index contributed by atoms with van der Waals surface area (Å²) in [7, 11) is 0. The van der Waals surface area contributed by atoms with Gasteiger partial charge in [0.2, 0.25) is 5.91 Å². The van der Waals surface area contributed by atoms with Crippen LogP contribution in [0, 0.1) is 0 Å². The van der Waals surface area contributed by atoms with E-state index in [2.05, 4.69) is 27.4 Å². The fourth-order valence-electron chi connectivity index (χ4n) is 2.06. The molecule has 7 nitrogen and oxygen atoms in total. The SMILES string of the molecule is C=CCNC(=O)c1ccccc1NC(=O)CSc1nncn1C(C)C. The number of thioether (sulfide) groups is 1. The van der Waals surface area contributed by atoms with Gasteiger partial charge in [-0.2, -0.15) is 0 Å². The maximum atomic E-state index is 12.2. The molecule has 0 unspecified atom stereocenters. The van der Waals surface area contributed by atoms with Crippen LogP contribution in [0.15, 0.2) is 48.4 Å². The second-order valence-electron chi connectivity index (χ2n) is 5.50. The number of rotatable bonds is 8. The Morgan fingerprint density at radius 2 is 2.12 bits per heavy atom. The average Bonchev–Trinajstić information content (AvgIpc) is 3.07. The fourth-order valence-corrected chi connectivity index (χ4v) is 2.90. The van der Waals surface area contributed by atoms with Crippen LogP contribution in [-0.2, 0) is 4.79 Å². The van der Waals surface area contributed by atoms with Gasteiger partial charge in [0.15, 0.2) is 5.16 Å². The molecule has 0 aliphatic carbocycles. The second-order valence-corrected chi connectivity index (χ2v) is 6.44. The first-order valence-corrected chi connectivity index (χ1v) is 8.81. The van der Waals surface area contributed by atoms with Crippen LogP contribution in [0.25, 0.3) is 0 Å². The van der Waals surface area contributed by atoms with Crippen LogP contribution in [0.2, 0.25) is 0 Å². The molecule has 1 aromatic carbocycles. The molecule has 2 aromatic rings. The number of amides is 2. The smallest absolute Gasteiger partial charge is 0.253 e. The summed E-state index contributed by atoms with van der Waals surface area (Å²) in [6, 6.07) is 7.09. The van der Waals surface area contributed by atoms with E-state index in [4.69, 9.17) is 0 Å². The van der Waals surface area contributed by atoms with Crippen LogP contribution in [0.4, 0.5) is 5.69 Å². The molecule has 8 heteroatoms. The number of anilines is 1. The number of hydrogen-bond acceptors (Lipinski definition) is 5. The fraction of sp³-hybridized carbons (Fsp3) is 0.294. The molecule has 0 saturated carbocycles. The van der Waals surface area contributed by atoms with E-state index in [0.29, 0.717) is 23.0 Å². The van der Waals surface area contributed by atoms with E-state index in [-0.39, 0.29) is 23.6 Å². The summed E-state index contributed by atoms with van der Waals surface area (Å²) in [5.41, 5.74) is 0.882. The molecule has 0 bridgehead atoms. The third-order valence-electron chi connectivity index (χ3n) is 3.28. The Balaban J connectivity index is 2.00. The number of nitrogens with one attached hydrogen (secondary N) is 2. The van der Waals surface area contributed by atoms with Crippen molar-refractivity contribution in [2.75, 3.05) is 17.6 Å². The predicted octanol–water partition coefficient (Wildman–Crippen LogP) is 2.51. The summed E-state index contributed by atoms with van der Waals surface area (Å²) in [6.45, 7) is 7.97. The Morgan fingerprint density at radius 3 is 2.84 bits per heavy atom. The van der Waals surface area contributed by atoms with Crippen LogP contribution in [-0.4, -0.2) is 38.9 Å². The van der Waals surface area contributed by atoms with E-state index in [1.807, 2.05) is 18.4 Å². The van der Waals surface area contributed by atoms with Gasteiger partial charge >= 0.3 is 0 Å². The Labute approximate surface area is 150 Å². The molecule has 25 heavy (non-hydrogen) atoms. The number of carbonyl (C=O) groups is 2. The molecule has 2 amide bonds. The van der Waals surface area contributed by atoms with Crippen molar-refractivity contribution in [2.24, 2.45) is 0 Å². The van der Waals surface area contributed by atoms with Crippen molar-refractivity contribution >= 4 is 29.3 Å². The Morgan fingerprint density at radius 1 is 1.36 bits per heavy atom. The first-order valence-electron chi connectivity index (χ1n) is 7.83. The third kappa shape index (κ3) is 5.18. The summed E-state index contributed by atoms with van der Waals surface area (Å²) in [5.74, 6) is -0.302. The van der Waals surface area contributed by atoms with Crippen molar-refractivity contribution in [3.8, 4) is 0 Å². The van der Waals surface area contributed by atoms with Crippen molar-refractivity contribution in [3.05, 3.63) is 48.8 Å². The molecule has 2 N–H and O–H groups in total. The van der Waals surface area contributed by atoms with E-state index < -0.39 is 0 Å². The summed E-state index contributed by atoms with van der Waals surface area (Å²) >= 11 is 1.30. The van der Waals surface area contributed by atoms with Crippen LogP contribution < -0.4 is 10.6 Å². The monoisotopic (exact) mass is 359 g/mol. The minimum atomic E-state index is -0.261. The van der Waals surface area contributed by atoms with Gasteiger partial charge in [0, 0.05) is 12.6 Å². The molecule has 2 rings (SSSR count). The van der Waals surface area contributed by atoms with Crippen LogP contribution in [0.5, 0.6) is 0 Å². The number of nitrogens with zero attached hydrogens (tertiary/aromatic N) is 3. The highest BCUT2D eigenvalue weighted by Gasteiger charge is 2.14. The lowest BCUT2D eigenvalue weighted by molar-refractivity contribution is -0.113. The van der Waals surface area contributed by atoms with Gasteiger partial charge in [-0.05, 0) is 26.0 Å². The molecule has 0 saturated heterocycles. The highest BCUT2D eigenvalue weighted by atomic mass is 32.2. The Bertz CT molecular complexity index is 757. The summed E-state index contributed by atoms with van der Waals surface area (Å²) in [4.78, 5) is 24.4. The molecular weight excluding hydrogens is 338 g/mol. The first-order chi connectivity index (χ1) is 12.0. The van der Waals surface area contributed by atoms with Gasteiger partial charge in [-0.3, -0.25) is 9.59 Å². The van der Waals surface area contributed by atoms with Crippen LogP contribution in [0.3, 0.4) is 0 Å². The van der Waals surface area contributed by atoms with Gasteiger partial charge < -0.3 is 15.2 Å². The van der Waals surface area contributed by atoms with Gasteiger partial charge in [0.25, 0.3) is 5.91 Å². The minimum absolute atomic E-state index is 0.175. The first kappa shape index (κ1) is 18.7. The number of hydrogen-bond donors (Lipinski definition) is 2. The standard InChI is InChI=1S/C17H21N5O2S/c1-4-9-18-16(24)13-7-5-6-8-14(13)20-15(23)10-25-17-21-19-11-22(17)12(2)3/h4-8,11-12H,1,9-10H2,2-3H3,(H,18,24)(H,20,23). The van der Waals surface area contributed by atoms with E-state index in [1.165, 1.54) is 11.8 Å². The van der Waals surface area contributed by atoms with Crippen molar-refractivity contribution in [1.82, 2.24) is 20.1 Å². The number of para-hydroxylation sites is 1. The van der Waals surface area contributed by atoms with Gasteiger partial charge in [-0.25, -0.2) is 0 Å². The Hall–Kier alpha value is -2.61. The van der Waals surface area contributed by atoms with Crippen molar-refractivity contribution in [1.29, 1.82) is 0 Å². The quantitative estimate of drug-likeness (QED) is 0.558. The average molecular weight is 359 g/mol. The molecule has 0 aliphatic heterocycles. The highest BCUT2D eigenvalue weighted by molar-refractivity contribution is 7.99. The van der Waals surface area contributed by atoms with E-state index in [9.17, 15) is 9.59 Å². The lowest BCUT2D eigenvalue weighted by Crippen LogP contribution is -2.25. The molecule has 0 radical (unpaired) electrons. The Kier molecular flexibility index (Phi) is 6.76. The minimum Gasteiger partial charge on any atom is -0.349 e. The molecule has 0 aliphatic rings. The molecule has 1 heterocycles. The third-order valence-corrected chi connectivity index (χ3v) is 4.24. The molecule has 0 spiro atoms. The van der Waals surface area contributed by atoms with E-state index >= 15 is 0 Å². The molecule has 132 valence electrons. The maximum Gasteiger partial charge on any atom is 0.253 e. The molecule has 0 atom stereocenters. The highest BCUT2D eigenvalue weighted by Crippen LogP contribution is 2.20. The van der Waals surface area contributed by atoms with Crippen molar-refractivity contribution in [2.45, 2.75) is 25.0 Å². The summed E-state index contributed by atoms with van der Waals surface area (Å²) in [5, 5.41) is 14.0. The lowest BCUT2D eigenvalue weighted by Gasteiger charge is -2.11. The van der Waals surface area contributed by atoms with Crippen LogP contribution >= 0.6 is 11.8 Å². The molecule has 0 fully saturated rings. The maximum absolute atomic E-state index is 12.2. The number of aromatic nitrogens is 3. The largest absolute Gasteiger partial charge is 0.349 e. The van der Waals surface area contributed by atoms with Gasteiger partial charge in [0.05, 0.1) is 17.0 Å². The lowest BCUT2D eigenvalue weighted by atomic mass is 10.1. The van der Waals surface area contributed by atoms with Gasteiger partial charge in [-0.15, -0.1) is 16.8 Å². The van der Waals surface area contributed by atoms with Crippen LogP contribution in [0.1, 0.15) is 30.2 Å². The van der Waals surface area contributed by atoms with Gasteiger partial charge in [0.1, 0.15) is 6.33 Å². The van der Waals surface area contributed by atoms with Gasteiger partial charge in [-0.1, -0.05) is 30.0 Å². The normalized spacial score (nSPS) is 10.5. The zero-order chi connectivity index (χ0) is 18.2.